The lowest BCUT2D eigenvalue weighted by atomic mass is 10.1. The molecular formula is C21H35N5O. The van der Waals surface area contributed by atoms with Crippen molar-refractivity contribution >= 4 is 5.91 Å². The molecule has 1 atom stereocenters. The van der Waals surface area contributed by atoms with Gasteiger partial charge in [-0.2, -0.15) is 0 Å². The van der Waals surface area contributed by atoms with Gasteiger partial charge in [-0.05, 0) is 56.8 Å². The normalized spacial score (nSPS) is 19.0. The third kappa shape index (κ3) is 5.89. The first-order chi connectivity index (χ1) is 13.1. The van der Waals surface area contributed by atoms with Crippen LogP contribution in [0.3, 0.4) is 0 Å². The molecule has 1 amide bonds. The van der Waals surface area contributed by atoms with E-state index in [9.17, 15) is 4.79 Å². The number of unbranched alkanes of at least 4 members (excludes halogenated alkanes) is 2. The number of carbonyl (C=O) groups excluding carboxylic acids is 1. The van der Waals surface area contributed by atoms with Gasteiger partial charge in [0.2, 0.25) is 5.91 Å². The molecule has 6 nitrogen and oxygen atoms in total. The standard InChI is InChI=1S/C21H35N5O/c1-5-7-8-10-24-21(27)17-13-16(3)20(25-15-17)26(12-6-2)18-9-11-23-19(14-18)22-4/h9,11,13-14,19,22-23,25H,5-8,10,12,15H2,1-4H3,(H,24,27). The highest BCUT2D eigenvalue weighted by Gasteiger charge is 2.22. The van der Waals surface area contributed by atoms with Crippen LogP contribution in [0.2, 0.25) is 0 Å². The molecule has 0 aliphatic carbocycles. The van der Waals surface area contributed by atoms with Crippen LogP contribution in [0.4, 0.5) is 0 Å². The number of amides is 1. The summed E-state index contributed by atoms with van der Waals surface area (Å²) < 4.78 is 0. The van der Waals surface area contributed by atoms with Gasteiger partial charge in [-0.3, -0.25) is 10.1 Å². The first-order valence-electron chi connectivity index (χ1n) is 10.1. The lowest BCUT2D eigenvalue weighted by molar-refractivity contribution is -0.117. The minimum atomic E-state index is 0.0373. The van der Waals surface area contributed by atoms with Crippen molar-refractivity contribution in [2.75, 3.05) is 26.7 Å². The fraction of sp³-hybridized carbons (Fsp3) is 0.571. The van der Waals surface area contributed by atoms with E-state index in [0.29, 0.717) is 6.54 Å². The summed E-state index contributed by atoms with van der Waals surface area (Å²) in [6, 6.07) is 0. The molecule has 2 aliphatic rings. The Bertz CT molecular complexity index is 632. The van der Waals surface area contributed by atoms with Gasteiger partial charge < -0.3 is 20.9 Å². The van der Waals surface area contributed by atoms with E-state index in [1.165, 1.54) is 0 Å². The predicted octanol–water partition coefficient (Wildman–Crippen LogP) is 2.31. The van der Waals surface area contributed by atoms with Gasteiger partial charge in [-0.15, -0.1) is 0 Å². The Balaban J connectivity index is 2.13. The average molecular weight is 374 g/mol. The van der Waals surface area contributed by atoms with Crippen molar-refractivity contribution in [1.29, 1.82) is 0 Å². The van der Waals surface area contributed by atoms with Gasteiger partial charge in [-0.25, -0.2) is 0 Å². The van der Waals surface area contributed by atoms with E-state index in [-0.39, 0.29) is 12.1 Å². The number of likely N-dealkylation sites (N-methyl/N-ethyl adjacent to an activating group) is 1. The van der Waals surface area contributed by atoms with Gasteiger partial charge in [0.05, 0.1) is 6.17 Å². The number of hydrogen-bond donors (Lipinski definition) is 4. The molecule has 27 heavy (non-hydrogen) atoms. The molecular weight excluding hydrogens is 338 g/mol. The molecule has 0 aromatic carbocycles. The predicted molar refractivity (Wildman–Crippen MR) is 112 cm³/mol. The fourth-order valence-electron chi connectivity index (χ4n) is 3.30. The van der Waals surface area contributed by atoms with Crippen molar-refractivity contribution in [1.82, 2.24) is 26.2 Å². The Kier molecular flexibility index (Phi) is 8.45. The summed E-state index contributed by atoms with van der Waals surface area (Å²) in [4.78, 5) is 14.7. The Labute approximate surface area is 163 Å². The maximum absolute atomic E-state index is 12.4. The zero-order chi connectivity index (χ0) is 19.6. The van der Waals surface area contributed by atoms with Gasteiger partial charge in [0.1, 0.15) is 5.82 Å². The van der Waals surface area contributed by atoms with Crippen LogP contribution in [0.25, 0.3) is 0 Å². The number of hydrogen-bond acceptors (Lipinski definition) is 5. The number of dihydropyridines is 2. The summed E-state index contributed by atoms with van der Waals surface area (Å²) in [6.45, 7) is 8.62. The monoisotopic (exact) mass is 373 g/mol. The molecule has 0 bridgehead atoms. The van der Waals surface area contributed by atoms with E-state index in [1.54, 1.807) is 0 Å². The Hall–Kier alpha value is -2.21. The van der Waals surface area contributed by atoms with E-state index in [4.69, 9.17) is 0 Å². The molecule has 0 spiro atoms. The molecule has 2 heterocycles. The second kappa shape index (κ2) is 10.8. The van der Waals surface area contributed by atoms with E-state index in [0.717, 1.165) is 61.4 Å². The summed E-state index contributed by atoms with van der Waals surface area (Å²) in [5.74, 6) is 1.11. The Morgan fingerprint density at radius 2 is 2.11 bits per heavy atom. The molecule has 0 fully saturated rings. The van der Waals surface area contributed by atoms with Gasteiger partial charge >= 0.3 is 0 Å². The van der Waals surface area contributed by atoms with Crippen LogP contribution in [-0.2, 0) is 4.79 Å². The quantitative estimate of drug-likeness (QED) is 0.443. The Morgan fingerprint density at radius 1 is 1.30 bits per heavy atom. The topological polar surface area (TPSA) is 68.4 Å². The summed E-state index contributed by atoms with van der Waals surface area (Å²) >= 11 is 0. The molecule has 0 saturated heterocycles. The van der Waals surface area contributed by atoms with E-state index < -0.39 is 0 Å². The number of carbonyl (C=O) groups is 1. The molecule has 2 rings (SSSR count). The average Bonchev–Trinajstić information content (AvgIpc) is 2.69. The van der Waals surface area contributed by atoms with Gasteiger partial charge in [0.15, 0.2) is 0 Å². The highest BCUT2D eigenvalue weighted by Crippen LogP contribution is 2.22. The third-order valence-electron chi connectivity index (χ3n) is 4.78. The van der Waals surface area contributed by atoms with Crippen molar-refractivity contribution in [3.63, 3.8) is 0 Å². The Morgan fingerprint density at radius 3 is 2.78 bits per heavy atom. The minimum absolute atomic E-state index is 0.0373. The first-order valence-corrected chi connectivity index (χ1v) is 10.1. The minimum Gasteiger partial charge on any atom is -0.372 e. The summed E-state index contributed by atoms with van der Waals surface area (Å²) in [5, 5.41) is 13.0. The van der Waals surface area contributed by atoms with E-state index in [2.05, 4.69) is 59.1 Å². The largest absolute Gasteiger partial charge is 0.372 e. The van der Waals surface area contributed by atoms with Crippen molar-refractivity contribution in [2.45, 2.75) is 52.6 Å². The lowest BCUT2D eigenvalue weighted by Gasteiger charge is -2.34. The van der Waals surface area contributed by atoms with Crippen molar-refractivity contribution in [3.8, 4) is 0 Å². The molecule has 0 aromatic heterocycles. The number of rotatable bonds is 10. The lowest BCUT2D eigenvalue weighted by Crippen LogP contribution is -2.42. The molecule has 150 valence electrons. The summed E-state index contributed by atoms with van der Waals surface area (Å²) in [6.07, 6.45) is 12.8. The zero-order valence-electron chi connectivity index (χ0n) is 17.2. The van der Waals surface area contributed by atoms with E-state index in [1.807, 2.05) is 19.3 Å². The first kappa shape index (κ1) is 21.1. The van der Waals surface area contributed by atoms with Gasteiger partial charge in [0.25, 0.3) is 0 Å². The smallest absolute Gasteiger partial charge is 0.249 e. The number of nitrogens with one attached hydrogen (secondary N) is 4. The molecule has 2 aliphatic heterocycles. The van der Waals surface area contributed by atoms with Crippen LogP contribution >= 0.6 is 0 Å². The molecule has 0 saturated carbocycles. The molecule has 0 aromatic rings. The second-order valence-electron chi connectivity index (χ2n) is 7.03. The zero-order valence-corrected chi connectivity index (χ0v) is 17.2. The van der Waals surface area contributed by atoms with Crippen molar-refractivity contribution in [3.05, 3.63) is 47.1 Å². The van der Waals surface area contributed by atoms with Crippen LogP contribution in [-0.4, -0.2) is 43.7 Å². The van der Waals surface area contributed by atoms with Crippen LogP contribution in [0.1, 0.15) is 46.5 Å². The van der Waals surface area contributed by atoms with E-state index >= 15 is 0 Å². The van der Waals surface area contributed by atoms with Gasteiger partial charge in [0, 0.05) is 30.9 Å². The second-order valence-corrected chi connectivity index (χ2v) is 7.03. The maximum Gasteiger partial charge on any atom is 0.249 e. The SMILES string of the molecule is CCCCCNC(=O)C1=CC(C)=C(N(CCC)C2=CC(NC)NC=C2)NC1. The molecule has 6 heteroatoms. The molecule has 0 radical (unpaired) electrons. The van der Waals surface area contributed by atoms with Crippen LogP contribution in [0.15, 0.2) is 47.1 Å². The summed E-state index contributed by atoms with van der Waals surface area (Å²) in [7, 11) is 1.94. The highest BCUT2D eigenvalue weighted by molar-refractivity contribution is 5.94. The molecule has 1 unspecified atom stereocenters. The number of allylic oxidation sites excluding steroid dienone is 3. The summed E-state index contributed by atoms with van der Waals surface area (Å²) in [5.41, 5.74) is 3.03. The molecule has 4 N–H and O–H groups in total. The maximum atomic E-state index is 12.4. The van der Waals surface area contributed by atoms with Crippen LogP contribution < -0.4 is 21.3 Å². The third-order valence-corrected chi connectivity index (χ3v) is 4.78. The fourth-order valence-corrected chi connectivity index (χ4v) is 3.30. The van der Waals surface area contributed by atoms with Crippen molar-refractivity contribution < 1.29 is 4.79 Å². The van der Waals surface area contributed by atoms with Crippen LogP contribution in [0, 0.1) is 0 Å². The van der Waals surface area contributed by atoms with Crippen LogP contribution in [0.5, 0.6) is 0 Å². The van der Waals surface area contributed by atoms with Crippen molar-refractivity contribution in [2.24, 2.45) is 0 Å². The highest BCUT2D eigenvalue weighted by atomic mass is 16.1. The van der Waals surface area contributed by atoms with Gasteiger partial charge in [-0.1, -0.05) is 26.7 Å². The number of nitrogens with zero attached hydrogens (tertiary/aromatic N) is 1.